The fraction of sp³-hybridized carbons (Fsp3) is 0.125. The molecular formula is C32H22. The van der Waals surface area contributed by atoms with Gasteiger partial charge in [0, 0.05) is 5.92 Å². The Balaban J connectivity index is 1.53. The first kappa shape index (κ1) is 17.0. The lowest BCUT2D eigenvalue weighted by Crippen LogP contribution is -2.31. The van der Waals surface area contributed by atoms with Crippen molar-refractivity contribution in [1.29, 1.82) is 0 Å². The molecule has 0 heteroatoms. The maximum Gasteiger partial charge on any atom is 0.0540 e. The molecule has 2 atom stereocenters. The first-order valence-corrected chi connectivity index (χ1v) is 11.7. The molecule has 5 aromatic rings. The van der Waals surface area contributed by atoms with Crippen LogP contribution in [0.15, 0.2) is 109 Å². The molecule has 5 aromatic carbocycles. The van der Waals surface area contributed by atoms with Gasteiger partial charge in [0.2, 0.25) is 0 Å². The predicted molar refractivity (Wildman–Crippen MR) is 131 cm³/mol. The molecule has 3 aliphatic carbocycles. The Morgan fingerprint density at radius 2 is 1.09 bits per heavy atom. The maximum absolute atomic E-state index is 2.51. The molecule has 150 valence electrons. The molecule has 0 aromatic heterocycles. The zero-order valence-electron chi connectivity index (χ0n) is 17.8. The van der Waals surface area contributed by atoms with Crippen molar-refractivity contribution in [3.05, 3.63) is 143 Å². The summed E-state index contributed by atoms with van der Waals surface area (Å²) in [6.45, 7) is 0. The van der Waals surface area contributed by atoms with Gasteiger partial charge in [-0.25, -0.2) is 0 Å². The molecule has 0 bridgehead atoms. The van der Waals surface area contributed by atoms with Crippen molar-refractivity contribution >= 4 is 10.8 Å². The van der Waals surface area contributed by atoms with Gasteiger partial charge in [-0.2, -0.15) is 0 Å². The van der Waals surface area contributed by atoms with Gasteiger partial charge in [-0.1, -0.05) is 109 Å². The summed E-state index contributed by atoms with van der Waals surface area (Å²) in [6.07, 6.45) is 1.13. The van der Waals surface area contributed by atoms with E-state index in [9.17, 15) is 0 Å². The highest BCUT2D eigenvalue weighted by atomic mass is 14.6. The van der Waals surface area contributed by atoms with E-state index in [4.69, 9.17) is 0 Å². The summed E-state index contributed by atoms with van der Waals surface area (Å²) in [4.78, 5) is 0. The zero-order chi connectivity index (χ0) is 20.9. The van der Waals surface area contributed by atoms with E-state index in [1.165, 1.54) is 44.2 Å². The predicted octanol–water partition coefficient (Wildman–Crippen LogP) is 7.59. The summed E-state index contributed by atoms with van der Waals surface area (Å²) in [6, 6.07) is 41.4. The highest BCUT2D eigenvalue weighted by Gasteiger charge is 2.60. The van der Waals surface area contributed by atoms with Crippen LogP contribution in [0.5, 0.6) is 0 Å². The van der Waals surface area contributed by atoms with E-state index in [0.29, 0.717) is 11.8 Å². The van der Waals surface area contributed by atoms with Crippen LogP contribution >= 0.6 is 0 Å². The molecule has 0 amide bonds. The fourth-order valence-corrected chi connectivity index (χ4v) is 7.41. The molecule has 0 fully saturated rings. The molecule has 0 saturated heterocycles. The summed E-state index contributed by atoms with van der Waals surface area (Å²) in [5.74, 6) is 0.960. The topological polar surface area (TPSA) is 0 Å². The van der Waals surface area contributed by atoms with Crippen LogP contribution < -0.4 is 0 Å². The highest BCUT2D eigenvalue weighted by Crippen LogP contribution is 2.69. The molecule has 0 N–H and O–H groups in total. The molecule has 2 unspecified atom stereocenters. The lowest BCUT2D eigenvalue weighted by Gasteiger charge is -2.36. The van der Waals surface area contributed by atoms with Gasteiger partial charge in [0.05, 0.1) is 5.41 Å². The molecular weight excluding hydrogens is 384 g/mol. The van der Waals surface area contributed by atoms with Crippen molar-refractivity contribution in [3.8, 4) is 11.1 Å². The molecule has 0 saturated carbocycles. The number of hydrogen-bond acceptors (Lipinski definition) is 0. The van der Waals surface area contributed by atoms with Crippen molar-refractivity contribution in [2.45, 2.75) is 23.7 Å². The summed E-state index contributed by atoms with van der Waals surface area (Å²) in [7, 11) is 0. The third kappa shape index (κ3) is 1.83. The van der Waals surface area contributed by atoms with Gasteiger partial charge in [0.1, 0.15) is 0 Å². The molecule has 0 aliphatic heterocycles. The van der Waals surface area contributed by atoms with Crippen LogP contribution in [-0.2, 0) is 11.8 Å². The van der Waals surface area contributed by atoms with E-state index in [1.54, 1.807) is 11.1 Å². The second kappa shape index (κ2) is 5.78. The van der Waals surface area contributed by atoms with Crippen molar-refractivity contribution in [3.63, 3.8) is 0 Å². The second-order valence-electron chi connectivity index (χ2n) is 9.67. The third-order valence-corrected chi connectivity index (χ3v) is 8.43. The van der Waals surface area contributed by atoms with Crippen LogP contribution in [0.3, 0.4) is 0 Å². The second-order valence-corrected chi connectivity index (χ2v) is 9.67. The first-order valence-electron chi connectivity index (χ1n) is 11.7. The van der Waals surface area contributed by atoms with E-state index in [-0.39, 0.29) is 5.41 Å². The molecule has 1 spiro atoms. The van der Waals surface area contributed by atoms with Gasteiger partial charge in [-0.15, -0.1) is 0 Å². The van der Waals surface area contributed by atoms with E-state index in [2.05, 4.69) is 109 Å². The Kier molecular flexibility index (Phi) is 3.07. The average Bonchev–Trinajstić information content (AvgIpc) is 3.46. The van der Waals surface area contributed by atoms with Crippen molar-refractivity contribution in [1.82, 2.24) is 0 Å². The minimum absolute atomic E-state index is 0.109. The van der Waals surface area contributed by atoms with E-state index >= 15 is 0 Å². The lowest BCUT2D eigenvalue weighted by atomic mass is 9.65. The minimum Gasteiger partial charge on any atom is -0.0620 e. The Morgan fingerprint density at radius 3 is 1.81 bits per heavy atom. The Labute approximate surface area is 188 Å². The van der Waals surface area contributed by atoms with E-state index in [0.717, 1.165) is 6.42 Å². The quantitative estimate of drug-likeness (QED) is 0.248. The van der Waals surface area contributed by atoms with Crippen molar-refractivity contribution in [2.75, 3.05) is 0 Å². The van der Waals surface area contributed by atoms with Gasteiger partial charge < -0.3 is 0 Å². The largest absolute Gasteiger partial charge is 0.0620 e. The molecule has 0 heterocycles. The van der Waals surface area contributed by atoms with Crippen molar-refractivity contribution in [2.24, 2.45) is 0 Å². The summed E-state index contributed by atoms with van der Waals surface area (Å²) in [5.41, 5.74) is 11.8. The standard InChI is InChI=1S/C32H22/c1-2-10-21-18-26-22(17-20(21)9-1)19-27-25-13-5-8-16-30(25)32(31(26)27)28-14-6-3-11-23(28)24-12-4-7-15-29(24)32/h1-18,27,31H,19H2. The average molecular weight is 407 g/mol. The fourth-order valence-electron chi connectivity index (χ4n) is 7.41. The summed E-state index contributed by atoms with van der Waals surface area (Å²) >= 11 is 0. The Bertz CT molecular complexity index is 1530. The monoisotopic (exact) mass is 406 g/mol. The minimum atomic E-state index is -0.109. The first-order chi connectivity index (χ1) is 15.9. The zero-order valence-corrected chi connectivity index (χ0v) is 17.8. The van der Waals surface area contributed by atoms with Crippen molar-refractivity contribution < 1.29 is 0 Å². The Hall–Kier alpha value is -3.64. The van der Waals surface area contributed by atoms with Crippen LogP contribution in [0.2, 0.25) is 0 Å². The van der Waals surface area contributed by atoms with Crippen LogP contribution in [-0.4, -0.2) is 0 Å². The molecule has 32 heavy (non-hydrogen) atoms. The lowest BCUT2D eigenvalue weighted by molar-refractivity contribution is 0.490. The normalized spacial score (nSPS) is 20.6. The van der Waals surface area contributed by atoms with Gasteiger partial charge in [0.25, 0.3) is 0 Å². The van der Waals surface area contributed by atoms with Crippen LogP contribution in [0, 0.1) is 0 Å². The summed E-state index contributed by atoms with van der Waals surface area (Å²) in [5, 5.41) is 2.72. The van der Waals surface area contributed by atoms with E-state index in [1.807, 2.05) is 0 Å². The van der Waals surface area contributed by atoms with Gasteiger partial charge in [-0.3, -0.25) is 0 Å². The smallest absolute Gasteiger partial charge is 0.0540 e. The highest BCUT2D eigenvalue weighted by molar-refractivity contribution is 5.89. The molecule has 0 nitrogen and oxygen atoms in total. The summed E-state index contributed by atoms with van der Waals surface area (Å²) < 4.78 is 0. The molecule has 8 rings (SSSR count). The molecule has 0 radical (unpaired) electrons. The number of benzene rings is 5. The SMILES string of the molecule is c1ccc2c(c1)-c1ccccc1C21c2ccccc2C2Cc3cc4ccccc4cc3C21. The van der Waals surface area contributed by atoms with Crippen LogP contribution in [0.1, 0.15) is 45.2 Å². The van der Waals surface area contributed by atoms with Crippen LogP contribution in [0.4, 0.5) is 0 Å². The molecule has 3 aliphatic rings. The number of rotatable bonds is 0. The third-order valence-electron chi connectivity index (χ3n) is 8.43. The number of fused-ring (bicyclic) bond motifs is 13. The number of hydrogen-bond donors (Lipinski definition) is 0. The Morgan fingerprint density at radius 1 is 0.531 bits per heavy atom. The van der Waals surface area contributed by atoms with Gasteiger partial charge in [-0.05, 0) is 67.6 Å². The maximum atomic E-state index is 2.51. The van der Waals surface area contributed by atoms with Gasteiger partial charge >= 0.3 is 0 Å². The van der Waals surface area contributed by atoms with E-state index < -0.39 is 0 Å². The van der Waals surface area contributed by atoms with Gasteiger partial charge in [0.15, 0.2) is 0 Å². The van der Waals surface area contributed by atoms with Crippen LogP contribution in [0.25, 0.3) is 21.9 Å².